The summed E-state index contributed by atoms with van der Waals surface area (Å²) in [6, 6.07) is 15.4. The Morgan fingerprint density at radius 1 is 1.03 bits per heavy atom. The number of ether oxygens (including phenoxy) is 1. The molecule has 4 nitrogen and oxygen atoms in total. The number of halogens is 3. The second kappa shape index (κ2) is 8.75. The van der Waals surface area contributed by atoms with Gasteiger partial charge in [-0.05, 0) is 42.7 Å². The molecule has 158 valence electrons. The molecule has 0 saturated carbocycles. The number of nitrogens with zero attached hydrogens (tertiary/aromatic N) is 1. The molecule has 30 heavy (non-hydrogen) atoms. The third kappa shape index (κ3) is 4.74. The van der Waals surface area contributed by atoms with Gasteiger partial charge in [-0.25, -0.2) is 0 Å². The Hall–Kier alpha value is -3.06. The maximum absolute atomic E-state index is 13.5. The molecule has 2 N–H and O–H groups in total. The Labute approximate surface area is 172 Å². The van der Waals surface area contributed by atoms with E-state index in [2.05, 4.69) is 0 Å². The zero-order chi connectivity index (χ0) is 21.9. The largest absolute Gasteiger partial charge is 0.418 e. The van der Waals surface area contributed by atoms with Gasteiger partial charge in [0.1, 0.15) is 5.69 Å². The number of anilines is 1. The number of aromatic nitrogens is 1. The van der Waals surface area contributed by atoms with E-state index in [1.54, 1.807) is 18.2 Å². The maximum Gasteiger partial charge on any atom is 0.418 e. The fourth-order valence-electron chi connectivity index (χ4n) is 3.24. The number of aryl methyl sites for hydroxylation is 1. The van der Waals surface area contributed by atoms with Crippen LogP contribution in [0.4, 0.5) is 18.9 Å². The monoisotopic (exact) mass is 416 g/mol. The Morgan fingerprint density at radius 2 is 1.70 bits per heavy atom. The molecule has 3 rings (SSSR count). The van der Waals surface area contributed by atoms with Crippen LogP contribution in [-0.2, 0) is 24.1 Å². The van der Waals surface area contributed by atoms with E-state index in [4.69, 9.17) is 10.5 Å². The van der Waals surface area contributed by atoms with E-state index < -0.39 is 23.0 Å². The molecule has 0 saturated heterocycles. The van der Waals surface area contributed by atoms with Crippen molar-refractivity contribution in [3.05, 3.63) is 87.2 Å². The number of pyridine rings is 1. The van der Waals surface area contributed by atoms with Crippen LogP contribution in [0.2, 0.25) is 0 Å². The number of rotatable bonds is 6. The SMILES string of the molecule is CCOCc1ccc(Cn2c(-c3cccc(C)c3)cc(C(F)(F)F)c(N)c2=O)cc1. The summed E-state index contributed by atoms with van der Waals surface area (Å²) in [6.45, 7) is 4.91. The second-order valence-corrected chi connectivity index (χ2v) is 7.07. The van der Waals surface area contributed by atoms with Gasteiger partial charge in [0.15, 0.2) is 0 Å². The minimum Gasteiger partial charge on any atom is -0.394 e. The van der Waals surface area contributed by atoms with Gasteiger partial charge < -0.3 is 15.0 Å². The number of nitrogen functional groups attached to an aromatic ring is 1. The van der Waals surface area contributed by atoms with Crippen LogP contribution < -0.4 is 11.3 Å². The third-order valence-corrected chi connectivity index (χ3v) is 4.79. The highest BCUT2D eigenvalue weighted by atomic mass is 19.4. The van der Waals surface area contributed by atoms with E-state index in [-0.39, 0.29) is 12.2 Å². The van der Waals surface area contributed by atoms with Gasteiger partial charge in [0.2, 0.25) is 0 Å². The molecule has 1 heterocycles. The molecule has 0 bridgehead atoms. The first-order chi connectivity index (χ1) is 14.2. The summed E-state index contributed by atoms with van der Waals surface area (Å²) in [4.78, 5) is 12.8. The standard InChI is InChI=1S/C23H23F3N2O2/c1-3-30-14-17-9-7-16(8-10-17)13-28-20(18-6-4-5-15(2)11-18)12-19(23(24,25)26)21(27)22(28)29/h4-12H,3,13-14,27H2,1-2H3. The molecule has 2 aromatic carbocycles. The fourth-order valence-corrected chi connectivity index (χ4v) is 3.24. The van der Waals surface area contributed by atoms with Crippen LogP contribution >= 0.6 is 0 Å². The zero-order valence-corrected chi connectivity index (χ0v) is 16.8. The molecule has 1 aromatic heterocycles. The lowest BCUT2D eigenvalue weighted by Gasteiger charge is -2.18. The van der Waals surface area contributed by atoms with E-state index in [1.807, 2.05) is 44.2 Å². The average Bonchev–Trinajstić information content (AvgIpc) is 2.70. The van der Waals surface area contributed by atoms with Crippen LogP contribution in [0.1, 0.15) is 29.2 Å². The Balaban J connectivity index is 2.11. The molecule has 0 aliphatic carbocycles. The number of hydrogen-bond donors (Lipinski definition) is 1. The predicted molar refractivity (Wildman–Crippen MR) is 111 cm³/mol. The summed E-state index contributed by atoms with van der Waals surface area (Å²) in [6.07, 6.45) is -4.72. The quantitative estimate of drug-likeness (QED) is 0.615. The smallest absolute Gasteiger partial charge is 0.394 e. The molecular formula is C23H23F3N2O2. The first kappa shape index (κ1) is 21.6. The van der Waals surface area contributed by atoms with Crippen molar-refractivity contribution < 1.29 is 17.9 Å². The minimum atomic E-state index is -4.72. The normalized spacial score (nSPS) is 11.6. The van der Waals surface area contributed by atoms with Crippen LogP contribution in [0.25, 0.3) is 11.3 Å². The van der Waals surface area contributed by atoms with Crippen LogP contribution in [0, 0.1) is 6.92 Å². The molecule has 0 fully saturated rings. The molecule has 0 unspecified atom stereocenters. The van der Waals surface area contributed by atoms with Crippen molar-refractivity contribution >= 4 is 5.69 Å². The number of benzene rings is 2. The van der Waals surface area contributed by atoms with Gasteiger partial charge in [0.25, 0.3) is 5.56 Å². The first-order valence-electron chi connectivity index (χ1n) is 9.53. The van der Waals surface area contributed by atoms with Crippen LogP contribution in [0.5, 0.6) is 0 Å². The van der Waals surface area contributed by atoms with Gasteiger partial charge in [-0.3, -0.25) is 4.79 Å². The summed E-state index contributed by atoms with van der Waals surface area (Å²) in [5.74, 6) is 0. The summed E-state index contributed by atoms with van der Waals surface area (Å²) >= 11 is 0. The number of nitrogens with two attached hydrogens (primary N) is 1. The lowest BCUT2D eigenvalue weighted by Crippen LogP contribution is -2.28. The summed E-state index contributed by atoms with van der Waals surface area (Å²) in [5.41, 5.74) is 6.13. The van der Waals surface area contributed by atoms with Crippen molar-refractivity contribution in [1.29, 1.82) is 0 Å². The molecule has 0 amide bonds. The molecule has 0 spiro atoms. The maximum atomic E-state index is 13.5. The molecule has 0 aliphatic rings. The molecule has 3 aromatic rings. The van der Waals surface area contributed by atoms with E-state index in [0.717, 1.165) is 22.8 Å². The lowest BCUT2D eigenvalue weighted by molar-refractivity contribution is -0.137. The van der Waals surface area contributed by atoms with Crippen molar-refractivity contribution in [3.8, 4) is 11.3 Å². The van der Waals surface area contributed by atoms with Crippen LogP contribution in [0.15, 0.2) is 59.4 Å². The topological polar surface area (TPSA) is 57.2 Å². The lowest BCUT2D eigenvalue weighted by atomic mass is 10.0. The highest BCUT2D eigenvalue weighted by molar-refractivity contribution is 5.65. The van der Waals surface area contributed by atoms with Crippen LogP contribution in [-0.4, -0.2) is 11.2 Å². The highest BCUT2D eigenvalue weighted by Crippen LogP contribution is 2.35. The van der Waals surface area contributed by atoms with Gasteiger partial charge in [0.05, 0.1) is 24.4 Å². The average molecular weight is 416 g/mol. The van der Waals surface area contributed by atoms with E-state index in [9.17, 15) is 18.0 Å². The molecule has 7 heteroatoms. The number of hydrogen-bond acceptors (Lipinski definition) is 3. The van der Waals surface area contributed by atoms with Crippen molar-refractivity contribution in [2.24, 2.45) is 0 Å². The van der Waals surface area contributed by atoms with Gasteiger partial charge in [-0.2, -0.15) is 13.2 Å². The Morgan fingerprint density at radius 3 is 2.30 bits per heavy atom. The molecule has 0 aliphatic heterocycles. The number of alkyl halides is 3. The van der Waals surface area contributed by atoms with Gasteiger partial charge in [-0.1, -0.05) is 48.0 Å². The molecule has 0 radical (unpaired) electrons. The Kier molecular flexibility index (Phi) is 6.31. The summed E-state index contributed by atoms with van der Waals surface area (Å²) < 4.78 is 47.1. The zero-order valence-electron chi connectivity index (χ0n) is 16.8. The predicted octanol–water partition coefficient (Wildman–Crippen LogP) is 5.01. The summed E-state index contributed by atoms with van der Waals surface area (Å²) in [5, 5.41) is 0. The highest BCUT2D eigenvalue weighted by Gasteiger charge is 2.35. The Bertz CT molecular complexity index is 1090. The van der Waals surface area contributed by atoms with Gasteiger partial charge in [0, 0.05) is 6.61 Å². The van der Waals surface area contributed by atoms with Crippen molar-refractivity contribution in [1.82, 2.24) is 4.57 Å². The van der Waals surface area contributed by atoms with Gasteiger partial charge in [-0.15, -0.1) is 0 Å². The van der Waals surface area contributed by atoms with E-state index in [0.29, 0.717) is 18.8 Å². The summed E-state index contributed by atoms with van der Waals surface area (Å²) in [7, 11) is 0. The fraction of sp³-hybridized carbons (Fsp3) is 0.261. The third-order valence-electron chi connectivity index (χ3n) is 4.79. The van der Waals surface area contributed by atoms with Crippen LogP contribution in [0.3, 0.4) is 0 Å². The first-order valence-corrected chi connectivity index (χ1v) is 9.53. The van der Waals surface area contributed by atoms with Gasteiger partial charge >= 0.3 is 6.18 Å². The molecule has 0 atom stereocenters. The van der Waals surface area contributed by atoms with Crippen molar-refractivity contribution in [2.75, 3.05) is 12.3 Å². The van der Waals surface area contributed by atoms with E-state index >= 15 is 0 Å². The van der Waals surface area contributed by atoms with E-state index in [1.165, 1.54) is 4.57 Å². The molecular weight excluding hydrogens is 393 g/mol. The van der Waals surface area contributed by atoms with Crippen molar-refractivity contribution in [2.45, 2.75) is 33.2 Å². The minimum absolute atomic E-state index is 0.0966. The second-order valence-electron chi connectivity index (χ2n) is 7.07. The van der Waals surface area contributed by atoms with Crippen molar-refractivity contribution in [3.63, 3.8) is 0 Å².